The molecule has 0 amide bonds. The Morgan fingerprint density at radius 3 is 2.59 bits per heavy atom. The highest BCUT2D eigenvalue weighted by Crippen LogP contribution is 2.34. The lowest BCUT2D eigenvalue weighted by molar-refractivity contribution is -0.137. The van der Waals surface area contributed by atoms with E-state index in [4.69, 9.17) is 0 Å². The largest absolute Gasteiger partial charge is 0.416 e. The van der Waals surface area contributed by atoms with E-state index < -0.39 is 38.5 Å². The molecule has 1 saturated heterocycles. The second kappa shape index (κ2) is 8.09. The summed E-state index contributed by atoms with van der Waals surface area (Å²) in [4.78, 5) is 2.96. The molecule has 1 aromatic heterocycles. The topological polar surface area (TPSA) is 62.3 Å². The van der Waals surface area contributed by atoms with Gasteiger partial charge in [0.15, 0.2) is 0 Å². The maximum absolute atomic E-state index is 14.1. The molecule has 27 heavy (non-hydrogen) atoms. The third-order valence-electron chi connectivity index (χ3n) is 4.11. The molecular formula is C16H16ClF4N3O2S. The monoisotopic (exact) mass is 425 g/mol. The Bertz CT molecular complexity index is 894. The van der Waals surface area contributed by atoms with Gasteiger partial charge in [0.1, 0.15) is 10.7 Å². The van der Waals surface area contributed by atoms with Crippen LogP contribution in [0.4, 0.5) is 17.6 Å². The first-order valence-corrected chi connectivity index (χ1v) is 9.14. The molecule has 148 valence electrons. The summed E-state index contributed by atoms with van der Waals surface area (Å²) in [7, 11) is -4.48. The van der Waals surface area contributed by atoms with Gasteiger partial charge in [-0.25, -0.2) is 12.8 Å². The van der Waals surface area contributed by atoms with Crippen molar-refractivity contribution in [3.05, 3.63) is 59.7 Å². The lowest BCUT2D eigenvalue weighted by Gasteiger charge is -2.35. The fraction of sp³-hybridized carbons (Fsp3) is 0.312. The van der Waals surface area contributed by atoms with Crippen LogP contribution in [0.25, 0.3) is 0 Å². The van der Waals surface area contributed by atoms with Crippen LogP contribution < -0.4 is 5.32 Å². The number of piperazine rings is 1. The van der Waals surface area contributed by atoms with Crippen LogP contribution >= 0.6 is 12.4 Å². The molecule has 1 N–H and O–H groups in total. The molecule has 1 aromatic carbocycles. The Hall–Kier alpha value is -1.75. The van der Waals surface area contributed by atoms with Gasteiger partial charge in [-0.15, -0.1) is 12.4 Å². The number of hydrogen-bond donors (Lipinski definition) is 1. The Balaban J connectivity index is 0.00000261. The van der Waals surface area contributed by atoms with Crippen molar-refractivity contribution in [2.24, 2.45) is 0 Å². The molecule has 1 fully saturated rings. The van der Waals surface area contributed by atoms with Crippen molar-refractivity contribution in [3.63, 3.8) is 0 Å². The molecule has 0 radical (unpaired) electrons. The highest BCUT2D eigenvalue weighted by atomic mass is 35.5. The maximum atomic E-state index is 14.1. The van der Waals surface area contributed by atoms with Crippen molar-refractivity contribution in [1.29, 1.82) is 0 Å². The van der Waals surface area contributed by atoms with Crippen molar-refractivity contribution in [1.82, 2.24) is 14.6 Å². The lowest BCUT2D eigenvalue weighted by Crippen LogP contribution is -2.48. The molecule has 1 unspecified atom stereocenters. The summed E-state index contributed by atoms with van der Waals surface area (Å²) in [5.74, 6) is -1.22. The first-order valence-electron chi connectivity index (χ1n) is 7.70. The summed E-state index contributed by atoms with van der Waals surface area (Å²) in [6, 6.07) is 3.97. The van der Waals surface area contributed by atoms with Gasteiger partial charge in [0.2, 0.25) is 10.0 Å². The fourth-order valence-electron chi connectivity index (χ4n) is 2.83. The van der Waals surface area contributed by atoms with Crippen LogP contribution in [0, 0.1) is 5.82 Å². The zero-order valence-electron chi connectivity index (χ0n) is 13.8. The molecule has 2 aromatic rings. The number of alkyl halides is 3. The molecule has 0 bridgehead atoms. The smallest absolute Gasteiger partial charge is 0.313 e. The first-order chi connectivity index (χ1) is 12.2. The van der Waals surface area contributed by atoms with E-state index in [1.165, 1.54) is 12.4 Å². The SMILES string of the molecule is Cl.O=S(=O)(c1cc(C(F)(F)F)ccc1F)N1CCNCC1c1cccnc1. The van der Waals surface area contributed by atoms with Crippen LogP contribution in [-0.2, 0) is 16.2 Å². The number of nitrogens with one attached hydrogen (secondary N) is 1. The molecule has 1 atom stereocenters. The van der Waals surface area contributed by atoms with Crippen LogP contribution in [0.5, 0.6) is 0 Å². The quantitative estimate of drug-likeness (QED) is 0.768. The van der Waals surface area contributed by atoms with E-state index in [2.05, 4.69) is 10.3 Å². The molecule has 1 aliphatic heterocycles. The molecule has 0 spiro atoms. The number of rotatable bonds is 3. The predicted molar refractivity (Wildman–Crippen MR) is 92.4 cm³/mol. The molecular weight excluding hydrogens is 410 g/mol. The Morgan fingerprint density at radius 2 is 1.96 bits per heavy atom. The van der Waals surface area contributed by atoms with Gasteiger partial charge in [0.25, 0.3) is 0 Å². The van der Waals surface area contributed by atoms with Gasteiger partial charge in [-0.05, 0) is 29.8 Å². The Kier molecular flexibility index (Phi) is 6.46. The molecule has 2 heterocycles. The number of pyridine rings is 1. The maximum Gasteiger partial charge on any atom is 0.416 e. The highest BCUT2D eigenvalue weighted by molar-refractivity contribution is 7.89. The van der Waals surface area contributed by atoms with E-state index in [0.29, 0.717) is 30.3 Å². The minimum absolute atomic E-state index is 0. The Morgan fingerprint density at radius 1 is 1.22 bits per heavy atom. The summed E-state index contributed by atoms with van der Waals surface area (Å²) < 4.78 is 79.8. The van der Waals surface area contributed by atoms with Crippen LogP contribution in [0.2, 0.25) is 0 Å². The Labute approximate surface area is 159 Å². The minimum Gasteiger partial charge on any atom is -0.313 e. The van der Waals surface area contributed by atoms with Crippen molar-refractivity contribution in [3.8, 4) is 0 Å². The van der Waals surface area contributed by atoms with Gasteiger partial charge in [-0.3, -0.25) is 4.98 Å². The van der Waals surface area contributed by atoms with E-state index in [0.717, 1.165) is 4.31 Å². The molecule has 0 aliphatic carbocycles. The zero-order valence-corrected chi connectivity index (χ0v) is 15.4. The second-order valence-corrected chi connectivity index (χ2v) is 7.62. The number of nitrogens with zero attached hydrogens (tertiary/aromatic N) is 2. The average molecular weight is 426 g/mol. The second-order valence-electron chi connectivity index (χ2n) is 5.76. The van der Waals surface area contributed by atoms with Gasteiger partial charge in [-0.2, -0.15) is 17.5 Å². The highest BCUT2D eigenvalue weighted by Gasteiger charge is 2.38. The van der Waals surface area contributed by atoms with Crippen LogP contribution in [-0.4, -0.2) is 37.3 Å². The minimum atomic E-state index is -4.77. The zero-order chi connectivity index (χ0) is 18.9. The number of benzene rings is 1. The summed E-state index contributed by atoms with van der Waals surface area (Å²) in [5, 5.41) is 3.03. The molecule has 11 heteroatoms. The van der Waals surface area contributed by atoms with Crippen molar-refractivity contribution in [2.45, 2.75) is 17.1 Å². The first kappa shape index (κ1) is 21.5. The number of aromatic nitrogens is 1. The average Bonchev–Trinajstić information content (AvgIpc) is 2.61. The van der Waals surface area contributed by atoms with Crippen molar-refractivity contribution < 1.29 is 26.0 Å². The third kappa shape index (κ3) is 4.40. The van der Waals surface area contributed by atoms with Gasteiger partial charge in [0.05, 0.1) is 11.6 Å². The number of hydrogen-bond acceptors (Lipinski definition) is 4. The molecule has 1 aliphatic rings. The lowest BCUT2D eigenvalue weighted by atomic mass is 10.1. The van der Waals surface area contributed by atoms with E-state index in [1.54, 1.807) is 12.1 Å². The van der Waals surface area contributed by atoms with Gasteiger partial charge < -0.3 is 5.32 Å². The van der Waals surface area contributed by atoms with Crippen molar-refractivity contribution in [2.75, 3.05) is 19.6 Å². The molecule has 5 nitrogen and oxygen atoms in total. The third-order valence-corrected chi connectivity index (χ3v) is 6.03. The van der Waals surface area contributed by atoms with Crippen LogP contribution in [0.15, 0.2) is 47.6 Å². The van der Waals surface area contributed by atoms with E-state index in [1.807, 2.05) is 0 Å². The van der Waals surface area contributed by atoms with Crippen LogP contribution in [0.1, 0.15) is 17.2 Å². The summed E-state index contributed by atoms with van der Waals surface area (Å²) in [6.45, 7) is 0.541. The predicted octanol–water partition coefficient (Wildman–Crippen LogP) is 3.00. The van der Waals surface area contributed by atoms with Gasteiger partial charge in [-0.1, -0.05) is 6.07 Å². The van der Waals surface area contributed by atoms with Gasteiger partial charge >= 0.3 is 6.18 Å². The van der Waals surface area contributed by atoms with E-state index in [-0.39, 0.29) is 25.5 Å². The fourth-order valence-corrected chi connectivity index (χ4v) is 4.54. The number of halogens is 5. The van der Waals surface area contributed by atoms with Crippen LogP contribution in [0.3, 0.4) is 0 Å². The molecule has 3 rings (SSSR count). The summed E-state index contributed by atoms with van der Waals surface area (Å²) >= 11 is 0. The van der Waals surface area contributed by atoms with Gasteiger partial charge in [0, 0.05) is 32.0 Å². The normalized spacial score (nSPS) is 18.7. The van der Waals surface area contributed by atoms with E-state index >= 15 is 0 Å². The molecule has 0 saturated carbocycles. The van der Waals surface area contributed by atoms with Crippen molar-refractivity contribution >= 4 is 22.4 Å². The number of sulfonamides is 1. The summed E-state index contributed by atoms with van der Waals surface area (Å²) in [5.41, 5.74) is -0.652. The van der Waals surface area contributed by atoms with E-state index in [9.17, 15) is 26.0 Å². The standard InChI is InChI=1S/C16H15F4N3O2S.ClH/c17-13-4-3-12(16(18,19)20)8-15(13)26(24,25)23-7-6-22-10-14(23)11-2-1-5-21-9-11;/h1-5,8-9,14,22H,6-7,10H2;1H. The summed E-state index contributed by atoms with van der Waals surface area (Å²) in [6.07, 6.45) is -1.78.